The third-order valence-electron chi connectivity index (χ3n) is 2.58. The summed E-state index contributed by atoms with van der Waals surface area (Å²) in [5.74, 6) is 0.0565. The number of carbonyl (C=O) groups excluding carboxylic acids is 1. The Hall–Kier alpha value is -2.07. The summed E-state index contributed by atoms with van der Waals surface area (Å²) in [5, 5.41) is 2.63. The molecule has 2 aromatic carbocycles. The van der Waals surface area contributed by atoms with Gasteiger partial charge in [-0.05, 0) is 42.0 Å². The Morgan fingerprint density at radius 1 is 1.10 bits per heavy atom. The second kappa shape index (κ2) is 6.91. The van der Waals surface area contributed by atoms with Gasteiger partial charge < -0.3 is 10.1 Å². The molecule has 1 N–H and O–H groups in total. The Bertz CT molecular complexity index is 569. The van der Waals surface area contributed by atoms with Crippen molar-refractivity contribution in [2.24, 2.45) is 0 Å². The minimum atomic E-state index is -0.270. The Morgan fingerprint density at radius 2 is 1.75 bits per heavy atom. The van der Waals surface area contributed by atoms with Crippen molar-refractivity contribution in [3.63, 3.8) is 0 Å². The molecule has 5 heteroatoms. The normalized spacial score (nSPS) is 10.1. The minimum Gasteiger partial charge on any atom is -0.489 e. The molecule has 0 atom stereocenters. The fraction of sp³-hybridized carbons (Fsp3) is 0.133. The molecular formula is C15H13ClFNO2. The van der Waals surface area contributed by atoms with Crippen molar-refractivity contribution in [1.29, 1.82) is 0 Å². The van der Waals surface area contributed by atoms with Gasteiger partial charge in [0.25, 0.3) is 0 Å². The lowest BCUT2D eigenvalue weighted by molar-refractivity contribution is -0.113. The molecule has 0 radical (unpaired) electrons. The smallest absolute Gasteiger partial charge is 0.239 e. The molecule has 0 saturated carbocycles. The predicted octanol–water partition coefficient (Wildman–Crippen LogP) is 3.58. The van der Waals surface area contributed by atoms with E-state index in [0.717, 1.165) is 5.56 Å². The number of ether oxygens (including phenoxy) is 1. The first-order valence-electron chi connectivity index (χ1n) is 6.00. The largest absolute Gasteiger partial charge is 0.489 e. The van der Waals surface area contributed by atoms with E-state index in [4.69, 9.17) is 16.3 Å². The molecule has 20 heavy (non-hydrogen) atoms. The van der Waals surface area contributed by atoms with E-state index < -0.39 is 0 Å². The van der Waals surface area contributed by atoms with Crippen LogP contribution in [0.15, 0.2) is 48.5 Å². The lowest BCUT2D eigenvalue weighted by Gasteiger charge is -2.08. The van der Waals surface area contributed by atoms with Crippen LogP contribution in [-0.2, 0) is 11.4 Å². The van der Waals surface area contributed by atoms with Crippen molar-refractivity contribution in [3.05, 3.63) is 59.9 Å². The zero-order valence-electron chi connectivity index (χ0n) is 10.6. The van der Waals surface area contributed by atoms with Gasteiger partial charge in [0.15, 0.2) is 0 Å². The van der Waals surface area contributed by atoms with Crippen LogP contribution >= 0.6 is 11.6 Å². The van der Waals surface area contributed by atoms with Crippen LogP contribution in [0.4, 0.5) is 10.1 Å². The van der Waals surface area contributed by atoms with Crippen LogP contribution in [0.5, 0.6) is 5.75 Å². The molecule has 0 spiro atoms. The van der Waals surface area contributed by atoms with E-state index in [-0.39, 0.29) is 17.6 Å². The van der Waals surface area contributed by atoms with Crippen LogP contribution in [0, 0.1) is 5.82 Å². The summed E-state index contributed by atoms with van der Waals surface area (Å²) in [4.78, 5) is 11.1. The average molecular weight is 294 g/mol. The van der Waals surface area contributed by atoms with E-state index in [1.54, 1.807) is 36.4 Å². The number of alkyl halides is 1. The molecule has 0 fully saturated rings. The molecule has 3 nitrogen and oxygen atoms in total. The molecule has 0 saturated heterocycles. The monoisotopic (exact) mass is 293 g/mol. The highest BCUT2D eigenvalue weighted by Crippen LogP contribution is 2.17. The fourth-order valence-electron chi connectivity index (χ4n) is 1.58. The molecule has 0 aromatic heterocycles. The number of hydrogen-bond donors (Lipinski definition) is 1. The van der Waals surface area contributed by atoms with Gasteiger partial charge in [0.05, 0.1) is 0 Å². The number of hydrogen-bond acceptors (Lipinski definition) is 2. The molecule has 1 amide bonds. The van der Waals surface area contributed by atoms with Crippen LogP contribution < -0.4 is 10.1 Å². The first-order valence-corrected chi connectivity index (χ1v) is 6.54. The molecule has 104 valence electrons. The third kappa shape index (κ3) is 4.24. The summed E-state index contributed by atoms with van der Waals surface area (Å²) in [6.07, 6.45) is 0. The first kappa shape index (κ1) is 14.3. The van der Waals surface area contributed by atoms with Gasteiger partial charge in [-0.2, -0.15) is 0 Å². The number of halogens is 2. The second-order valence-corrected chi connectivity index (χ2v) is 4.39. The van der Waals surface area contributed by atoms with Crippen molar-refractivity contribution in [2.75, 3.05) is 11.2 Å². The quantitative estimate of drug-likeness (QED) is 0.856. The summed E-state index contributed by atoms with van der Waals surface area (Å²) >= 11 is 5.40. The summed E-state index contributed by atoms with van der Waals surface area (Å²) in [7, 11) is 0. The Morgan fingerprint density at radius 3 is 2.35 bits per heavy atom. The number of nitrogens with one attached hydrogen (secondary N) is 1. The van der Waals surface area contributed by atoms with E-state index in [9.17, 15) is 9.18 Å². The van der Waals surface area contributed by atoms with Crippen LogP contribution in [-0.4, -0.2) is 11.8 Å². The van der Waals surface area contributed by atoms with Crippen molar-refractivity contribution < 1.29 is 13.9 Å². The van der Waals surface area contributed by atoms with Crippen molar-refractivity contribution >= 4 is 23.2 Å². The summed E-state index contributed by atoms with van der Waals surface area (Å²) < 4.78 is 18.3. The lowest BCUT2D eigenvalue weighted by Crippen LogP contribution is -2.12. The van der Waals surface area contributed by atoms with Gasteiger partial charge in [-0.3, -0.25) is 4.79 Å². The Labute approximate surface area is 121 Å². The maximum absolute atomic E-state index is 12.7. The summed E-state index contributed by atoms with van der Waals surface area (Å²) in [5.41, 5.74) is 1.54. The third-order valence-corrected chi connectivity index (χ3v) is 2.82. The summed E-state index contributed by atoms with van der Waals surface area (Å²) in [6.45, 7) is 0.355. The number of anilines is 1. The number of carbonyl (C=O) groups is 1. The fourth-order valence-corrected chi connectivity index (χ4v) is 1.64. The topological polar surface area (TPSA) is 38.3 Å². The molecule has 0 aliphatic carbocycles. The van der Waals surface area contributed by atoms with Gasteiger partial charge in [-0.1, -0.05) is 12.1 Å². The molecule has 2 aromatic rings. The van der Waals surface area contributed by atoms with E-state index in [1.165, 1.54) is 12.1 Å². The van der Waals surface area contributed by atoms with Crippen LogP contribution in [0.25, 0.3) is 0 Å². The van der Waals surface area contributed by atoms with Crippen molar-refractivity contribution in [2.45, 2.75) is 6.61 Å². The maximum Gasteiger partial charge on any atom is 0.239 e. The molecule has 2 rings (SSSR count). The molecule has 0 heterocycles. The van der Waals surface area contributed by atoms with E-state index in [2.05, 4.69) is 5.32 Å². The van der Waals surface area contributed by atoms with Crippen molar-refractivity contribution in [1.82, 2.24) is 0 Å². The van der Waals surface area contributed by atoms with Crippen LogP contribution in [0.3, 0.4) is 0 Å². The molecule has 0 aliphatic heterocycles. The highest BCUT2D eigenvalue weighted by molar-refractivity contribution is 6.29. The zero-order chi connectivity index (χ0) is 14.4. The van der Waals surface area contributed by atoms with Crippen LogP contribution in [0.2, 0.25) is 0 Å². The number of rotatable bonds is 5. The Kier molecular flexibility index (Phi) is 4.96. The molecule has 0 aliphatic rings. The van der Waals surface area contributed by atoms with Gasteiger partial charge in [-0.25, -0.2) is 4.39 Å². The van der Waals surface area contributed by atoms with E-state index >= 15 is 0 Å². The zero-order valence-corrected chi connectivity index (χ0v) is 11.4. The maximum atomic E-state index is 12.7. The highest BCUT2D eigenvalue weighted by atomic mass is 35.5. The minimum absolute atomic E-state index is 0.0805. The van der Waals surface area contributed by atoms with E-state index in [1.807, 2.05) is 0 Å². The van der Waals surface area contributed by atoms with Crippen LogP contribution in [0.1, 0.15) is 5.56 Å². The number of benzene rings is 2. The van der Waals surface area contributed by atoms with Crippen molar-refractivity contribution in [3.8, 4) is 5.75 Å². The molecule has 0 bridgehead atoms. The SMILES string of the molecule is O=C(CCl)Nc1ccc(OCc2ccc(F)cc2)cc1. The van der Waals surface area contributed by atoms with E-state index in [0.29, 0.717) is 18.0 Å². The standard InChI is InChI=1S/C15H13ClFNO2/c16-9-15(19)18-13-5-7-14(8-6-13)20-10-11-1-3-12(17)4-2-11/h1-8H,9-10H2,(H,18,19). The summed E-state index contributed by atoms with van der Waals surface area (Å²) in [6, 6.07) is 13.1. The highest BCUT2D eigenvalue weighted by Gasteiger charge is 2.01. The average Bonchev–Trinajstić information content (AvgIpc) is 2.48. The molecule has 0 unspecified atom stereocenters. The lowest BCUT2D eigenvalue weighted by atomic mass is 10.2. The van der Waals surface area contributed by atoms with Gasteiger partial charge in [0.1, 0.15) is 24.1 Å². The molecular weight excluding hydrogens is 281 g/mol. The first-order chi connectivity index (χ1) is 9.67. The van der Waals surface area contributed by atoms with Gasteiger partial charge in [0, 0.05) is 5.69 Å². The Balaban J connectivity index is 1.90. The van der Waals surface area contributed by atoms with Gasteiger partial charge >= 0.3 is 0 Å². The second-order valence-electron chi connectivity index (χ2n) is 4.12. The number of amides is 1. The van der Waals surface area contributed by atoms with Gasteiger partial charge in [-0.15, -0.1) is 11.6 Å². The van der Waals surface area contributed by atoms with Gasteiger partial charge in [0.2, 0.25) is 5.91 Å². The predicted molar refractivity (Wildman–Crippen MR) is 76.5 cm³/mol.